The second-order valence-electron chi connectivity index (χ2n) is 3.05. The summed E-state index contributed by atoms with van der Waals surface area (Å²) in [5.41, 5.74) is -0.868. The van der Waals surface area contributed by atoms with Gasteiger partial charge in [0, 0.05) is 6.20 Å². The summed E-state index contributed by atoms with van der Waals surface area (Å²) in [5.74, 6) is 0.184. The van der Waals surface area contributed by atoms with E-state index in [0.717, 1.165) is 0 Å². The topological polar surface area (TPSA) is 61.9 Å². The minimum absolute atomic E-state index is 0.263. The van der Waals surface area contributed by atoms with Crippen LogP contribution >= 0.6 is 0 Å². The maximum Gasteiger partial charge on any atom is 0.403 e. The van der Waals surface area contributed by atoms with Crippen molar-refractivity contribution in [3.63, 3.8) is 0 Å². The normalized spacial score (nSPS) is 24.4. The van der Waals surface area contributed by atoms with Crippen LogP contribution in [0.1, 0.15) is 23.7 Å². The van der Waals surface area contributed by atoms with Gasteiger partial charge in [0.2, 0.25) is 0 Å². The van der Waals surface area contributed by atoms with Crippen molar-refractivity contribution in [3.8, 4) is 0 Å². The highest BCUT2D eigenvalue weighted by molar-refractivity contribution is 6.08. The minimum atomic E-state index is -1.32. The molecule has 14 heavy (non-hydrogen) atoms. The van der Waals surface area contributed by atoms with Crippen LogP contribution in [-0.4, -0.2) is 16.4 Å². The lowest BCUT2D eigenvalue weighted by molar-refractivity contribution is 0.0909. The lowest BCUT2D eigenvalue weighted by atomic mass is 9.97. The Morgan fingerprint density at radius 1 is 1.71 bits per heavy atom. The van der Waals surface area contributed by atoms with Crippen molar-refractivity contribution >= 4 is 11.6 Å². The summed E-state index contributed by atoms with van der Waals surface area (Å²) in [6.45, 7) is 8.77. The summed E-state index contributed by atoms with van der Waals surface area (Å²) in [6.07, 6.45) is 1.97. The van der Waals surface area contributed by atoms with E-state index in [1.807, 2.05) is 0 Å². The molecule has 1 aromatic rings. The summed E-state index contributed by atoms with van der Waals surface area (Å²) >= 11 is 0. The standard InChI is InChI=1S/C9H8N4O/c1-3-9(10-2)7(14)6-4-5-11-8(6)12-13-9/h4-5,11H,3H2,1H3. The Hall–Kier alpha value is -1.96. The van der Waals surface area contributed by atoms with Gasteiger partial charge in [-0.1, -0.05) is 12.0 Å². The van der Waals surface area contributed by atoms with Crippen molar-refractivity contribution in [2.45, 2.75) is 19.0 Å². The first kappa shape index (κ1) is 8.63. The molecule has 0 aromatic carbocycles. The maximum atomic E-state index is 11.9. The van der Waals surface area contributed by atoms with E-state index < -0.39 is 5.66 Å². The Morgan fingerprint density at radius 3 is 3.14 bits per heavy atom. The Bertz CT molecular complexity index is 454. The Balaban J connectivity index is 2.58. The molecule has 1 aliphatic rings. The first-order chi connectivity index (χ1) is 6.73. The predicted octanol–water partition coefficient (Wildman–Crippen LogP) is 2.32. The molecule has 0 fully saturated rings. The Labute approximate surface area is 80.7 Å². The van der Waals surface area contributed by atoms with Gasteiger partial charge >= 0.3 is 5.66 Å². The molecular formula is C9H8N4O. The zero-order valence-corrected chi connectivity index (χ0v) is 7.61. The number of fused-ring (bicyclic) bond motifs is 1. The summed E-state index contributed by atoms with van der Waals surface area (Å²) in [7, 11) is 0. The number of nitrogens with zero attached hydrogens (tertiary/aromatic N) is 3. The quantitative estimate of drug-likeness (QED) is 0.675. The molecule has 0 spiro atoms. The molecule has 1 N–H and O–H groups in total. The molecule has 1 atom stereocenters. The number of azo groups is 1. The highest BCUT2D eigenvalue weighted by Gasteiger charge is 2.48. The number of hydrogen-bond acceptors (Lipinski definition) is 3. The van der Waals surface area contributed by atoms with Gasteiger partial charge < -0.3 is 4.98 Å². The van der Waals surface area contributed by atoms with Crippen LogP contribution in [0, 0.1) is 6.57 Å². The fourth-order valence-corrected chi connectivity index (χ4v) is 1.40. The third-order valence-corrected chi connectivity index (χ3v) is 2.33. The van der Waals surface area contributed by atoms with Crippen LogP contribution in [0.4, 0.5) is 5.82 Å². The second-order valence-corrected chi connectivity index (χ2v) is 3.05. The van der Waals surface area contributed by atoms with E-state index >= 15 is 0 Å². The van der Waals surface area contributed by atoms with E-state index in [-0.39, 0.29) is 5.78 Å². The molecule has 70 valence electrons. The number of ketones is 1. The van der Waals surface area contributed by atoms with Gasteiger partial charge in [0.25, 0.3) is 5.78 Å². The lowest BCUT2D eigenvalue weighted by Gasteiger charge is -2.15. The van der Waals surface area contributed by atoms with E-state index in [2.05, 4.69) is 20.1 Å². The first-order valence-electron chi connectivity index (χ1n) is 4.27. The molecule has 0 bridgehead atoms. The van der Waals surface area contributed by atoms with Gasteiger partial charge in [-0.15, -0.1) is 5.11 Å². The highest BCUT2D eigenvalue weighted by atomic mass is 16.1. The molecule has 5 heteroatoms. The lowest BCUT2D eigenvalue weighted by Crippen LogP contribution is -2.33. The molecule has 0 amide bonds. The van der Waals surface area contributed by atoms with Gasteiger partial charge in [-0.2, -0.15) is 0 Å². The van der Waals surface area contributed by atoms with E-state index in [0.29, 0.717) is 17.8 Å². The van der Waals surface area contributed by atoms with E-state index in [9.17, 15) is 4.79 Å². The number of Topliss-reactive ketones (excluding diaryl/α,β-unsaturated/α-hetero) is 1. The molecule has 1 aliphatic heterocycles. The second kappa shape index (κ2) is 2.77. The number of carbonyl (C=O) groups is 1. The summed E-state index contributed by atoms with van der Waals surface area (Å²) in [5, 5.41) is 7.62. The van der Waals surface area contributed by atoms with E-state index in [4.69, 9.17) is 6.57 Å². The van der Waals surface area contributed by atoms with Crippen LogP contribution < -0.4 is 0 Å². The molecular weight excluding hydrogens is 180 g/mol. The number of aromatic nitrogens is 1. The molecule has 0 aliphatic carbocycles. The van der Waals surface area contributed by atoms with Crippen LogP contribution in [0.5, 0.6) is 0 Å². The van der Waals surface area contributed by atoms with Gasteiger partial charge in [-0.25, -0.2) is 6.57 Å². The SMILES string of the molecule is [C-]#[N+]C1(CC)N=Nc2[nH]ccc2C1=O. The first-order valence-corrected chi connectivity index (χ1v) is 4.27. The third kappa shape index (κ3) is 0.909. The zero-order chi connectivity index (χ0) is 10.2. The molecule has 2 heterocycles. The van der Waals surface area contributed by atoms with Gasteiger partial charge in [0.1, 0.15) is 0 Å². The van der Waals surface area contributed by atoms with Crippen molar-refractivity contribution in [2.75, 3.05) is 0 Å². The van der Waals surface area contributed by atoms with Crippen molar-refractivity contribution in [1.82, 2.24) is 4.98 Å². The average molecular weight is 188 g/mol. The number of carbonyl (C=O) groups excluding carboxylic acids is 1. The summed E-state index contributed by atoms with van der Waals surface area (Å²) in [4.78, 5) is 17.9. The molecule has 2 rings (SSSR count). The van der Waals surface area contributed by atoms with Crippen molar-refractivity contribution < 1.29 is 4.79 Å². The molecule has 5 nitrogen and oxygen atoms in total. The molecule has 0 radical (unpaired) electrons. The van der Waals surface area contributed by atoms with Crippen molar-refractivity contribution in [2.24, 2.45) is 10.2 Å². The van der Waals surface area contributed by atoms with Gasteiger partial charge in [-0.3, -0.25) is 9.64 Å². The van der Waals surface area contributed by atoms with Crippen LogP contribution in [-0.2, 0) is 0 Å². The van der Waals surface area contributed by atoms with Crippen LogP contribution in [0.25, 0.3) is 4.85 Å². The zero-order valence-electron chi connectivity index (χ0n) is 7.61. The number of nitrogens with one attached hydrogen (secondary N) is 1. The molecule has 0 saturated heterocycles. The highest BCUT2D eigenvalue weighted by Crippen LogP contribution is 2.34. The van der Waals surface area contributed by atoms with E-state index in [1.165, 1.54) is 0 Å². The number of aromatic amines is 1. The number of H-pyrrole nitrogens is 1. The Morgan fingerprint density at radius 2 is 2.50 bits per heavy atom. The monoisotopic (exact) mass is 188 g/mol. The summed E-state index contributed by atoms with van der Waals surface area (Å²) < 4.78 is 0. The summed E-state index contributed by atoms with van der Waals surface area (Å²) in [6, 6.07) is 1.63. The molecule has 1 aromatic heterocycles. The third-order valence-electron chi connectivity index (χ3n) is 2.33. The largest absolute Gasteiger partial charge is 0.403 e. The van der Waals surface area contributed by atoms with Crippen molar-refractivity contribution in [1.29, 1.82) is 0 Å². The van der Waals surface area contributed by atoms with Crippen molar-refractivity contribution in [3.05, 3.63) is 29.2 Å². The van der Waals surface area contributed by atoms with Gasteiger partial charge in [0.05, 0.1) is 12.0 Å². The molecule has 1 unspecified atom stereocenters. The van der Waals surface area contributed by atoms with Crippen LogP contribution in [0.15, 0.2) is 22.5 Å². The number of rotatable bonds is 1. The molecule has 0 saturated carbocycles. The van der Waals surface area contributed by atoms with Crippen LogP contribution in [0.3, 0.4) is 0 Å². The maximum absolute atomic E-state index is 11.9. The Kier molecular flexibility index (Phi) is 1.71. The van der Waals surface area contributed by atoms with Gasteiger partial charge in [0.15, 0.2) is 5.82 Å². The van der Waals surface area contributed by atoms with E-state index in [1.54, 1.807) is 19.2 Å². The fraction of sp³-hybridized carbons (Fsp3) is 0.333. The predicted molar refractivity (Wildman–Crippen MR) is 49.3 cm³/mol. The smallest absolute Gasteiger partial charge is 0.345 e. The van der Waals surface area contributed by atoms with Gasteiger partial charge in [-0.05, 0) is 6.07 Å². The average Bonchev–Trinajstić information content (AvgIpc) is 2.68. The van der Waals surface area contributed by atoms with Crippen LogP contribution in [0.2, 0.25) is 0 Å². The number of hydrogen-bond donors (Lipinski definition) is 1. The minimum Gasteiger partial charge on any atom is -0.345 e. The fourth-order valence-electron chi connectivity index (χ4n) is 1.40.